The van der Waals surface area contributed by atoms with Gasteiger partial charge in [0.2, 0.25) is 0 Å². The van der Waals surface area contributed by atoms with Crippen LogP contribution in [0.5, 0.6) is 5.75 Å². The van der Waals surface area contributed by atoms with Crippen molar-refractivity contribution < 1.29 is 14.3 Å². The molecule has 0 unspecified atom stereocenters. The van der Waals surface area contributed by atoms with Gasteiger partial charge in [-0.25, -0.2) is 9.78 Å². The van der Waals surface area contributed by atoms with Gasteiger partial charge in [0.1, 0.15) is 23.7 Å². The Morgan fingerprint density at radius 1 is 1.45 bits per heavy atom. The number of aromatic nitrogens is 2. The molecular weight excluding hydrogens is 258 g/mol. The lowest BCUT2D eigenvalue weighted by atomic mass is 10.1. The van der Waals surface area contributed by atoms with Gasteiger partial charge in [0.05, 0.1) is 13.7 Å². The number of carbonyl (C=O) groups is 1. The van der Waals surface area contributed by atoms with Crippen molar-refractivity contribution in [1.29, 1.82) is 0 Å². The smallest absolute Gasteiger partial charge is 0.344 e. The summed E-state index contributed by atoms with van der Waals surface area (Å²) >= 11 is 0. The normalized spacial score (nSPS) is 10.3. The largest absolute Gasteiger partial charge is 0.496 e. The summed E-state index contributed by atoms with van der Waals surface area (Å²) in [5, 5.41) is 0. The van der Waals surface area contributed by atoms with Crippen molar-refractivity contribution in [1.82, 2.24) is 9.55 Å². The molecule has 1 aromatic heterocycles. The number of esters is 1. The predicted molar refractivity (Wildman–Crippen MR) is 74.7 cm³/mol. The van der Waals surface area contributed by atoms with E-state index in [9.17, 15) is 4.79 Å². The van der Waals surface area contributed by atoms with E-state index in [1.807, 2.05) is 17.7 Å². The third kappa shape index (κ3) is 2.90. The molecule has 6 heteroatoms. The highest BCUT2D eigenvalue weighted by atomic mass is 16.5. The van der Waals surface area contributed by atoms with Crippen molar-refractivity contribution in [3.63, 3.8) is 0 Å². The Balaban J connectivity index is 2.00. The maximum atomic E-state index is 12.1. The van der Waals surface area contributed by atoms with E-state index < -0.39 is 5.97 Å². The van der Waals surface area contributed by atoms with Gasteiger partial charge in [-0.05, 0) is 19.1 Å². The molecule has 0 atom stereocenters. The highest BCUT2D eigenvalue weighted by Crippen LogP contribution is 2.24. The Bertz CT molecular complexity index is 607. The summed E-state index contributed by atoms with van der Waals surface area (Å²) in [6, 6.07) is 5.03. The molecule has 0 fully saturated rings. The Morgan fingerprint density at radius 2 is 2.25 bits per heavy atom. The van der Waals surface area contributed by atoms with Gasteiger partial charge in [0.25, 0.3) is 0 Å². The lowest BCUT2D eigenvalue weighted by Gasteiger charge is -2.11. The maximum Gasteiger partial charge on any atom is 0.344 e. The van der Waals surface area contributed by atoms with Crippen LogP contribution >= 0.6 is 0 Å². The van der Waals surface area contributed by atoms with Crippen molar-refractivity contribution in [2.75, 3.05) is 19.5 Å². The van der Waals surface area contributed by atoms with E-state index >= 15 is 0 Å². The second-order valence-electron chi connectivity index (χ2n) is 4.23. The topological polar surface area (TPSA) is 79.4 Å². The number of methoxy groups -OCH3 is 1. The summed E-state index contributed by atoms with van der Waals surface area (Å²) in [5.74, 6) is 0.796. The number of hydrogen-bond acceptors (Lipinski definition) is 5. The number of benzene rings is 1. The van der Waals surface area contributed by atoms with Gasteiger partial charge in [-0.2, -0.15) is 0 Å². The van der Waals surface area contributed by atoms with E-state index in [2.05, 4.69) is 4.98 Å². The van der Waals surface area contributed by atoms with Crippen LogP contribution in [0.1, 0.15) is 16.2 Å². The van der Waals surface area contributed by atoms with Gasteiger partial charge in [0.15, 0.2) is 0 Å². The molecule has 0 bridgehead atoms. The van der Waals surface area contributed by atoms with Crippen molar-refractivity contribution in [2.24, 2.45) is 0 Å². The average Bonchev–Trinajstić information content (AvgIpc) is 2.84. The molecule has 6 nitrogen and oxygen atoms in total. The van der Waals surface area contributed by atoms with Crippen LogP contribution in [0, 0.1) is 6.92 Å². The number of imidazole rings is 1. The molecule has 2 aromatic rings. The van der Waals surface area contributed by atoms with Crippen molar-refractivity contribution in [3.8, 4) is 5.75 Å². The van der Waals surface area contributed by atoms with Gasteiger partial charge >= 0.3 is 5.97 Å². The number of anilines is 1. The molecule has 1 heterocycles. The highest BCUT2D eigenvalue weighted by molar-refractivity contribution is 5.98. The lowest BCUT2D eigenvalue weighted by Crippen LogP contribution is -2.14. The number of nitrogens with zero attached hydrogens (tertiary/aromatic N) is 2. The van der Waals surface area contributed by atoms with Crippen molar-refractivity contribution in [3.05, 3.63) is 42.0 Å². The fourth-order valence-corrected chi connectivity index (χ4v) is 1.89. The summed E-state index contributed by atoms with van der Waals surface area (Å²) in [7, 11) is 1.49. The first kappa shape index (κ1) is 13.9. The number of aryl methyl sites for hydroxylation is 1. The Hall–Kier alpha value is -2.50. The molecule has 1 aromatic carbocycles. The zero-order valence-electron chi connectivity index (χ0n) is 11.5. The molecule has 0 saturated carbocycles. The maximum absolute atomic E-state index is 12.1. The number of nitrogens with two attached hydrogens (primary N) is 1. The number of carbonyl (C=O) groups excluding carboxylic acids is 1. The van der Waals surface area contributed by atoms with Crippen LogP contribution in [0.25, 0.3) is 0 Å². The van der Waals surface area contributed by atoms with Crippen LogP contribution in [0.3, 0.4) is 0 Å². The van der Waals surface area contributed by atoms with E-state index in [1.54, 1.807) is 24.4 Å². The van der Waals surface area contributed by atoms with E-state index in [1.165, 1.54) is 7.11 Å². The van der Waals surface area contributed by atoms with Crippen molar-refractivity contribution in [2.45, 2.75) is 13.5 Å². The zero-order chi connectivity index (χ0) is 14.5. The second kappa shape index (κ2) is 6.10. The fraction of sp³-hybridized carbons (Fsp3) is 0.286. The summed E-state index contributed by atoms with van der Waals surface area (Å²) in [6.45, 7) is 2.68. The number of nitrogen functional groups attached to an aromatic ring is 1. The summed E-state index contributed by atoms with van der Waals surface area (Å²) in [6.07, 6.45) is 3.54. The Morgan fingerprint density at radius 3 is 2.90 bits per heavy atom. The third-order valence-corrected chi connectivity index (χ3v) is 2.97. The van der Waals surface area contributed by atoms with Crippen LogP contribution in [0.4, 0.5) is 5.69 Å². The molecule has 2 rings (SSSR count). The molecule has 0 spiro atoms. The zero-order valence-corrected chi connectivity index (χ0v) is 11.5. The first-order chi connectivity index (χ1) is 9.63. The van der Waals surface area contributed by atoms with Crippen LogP contribution in [-0.2, 0) is 11.3 Å². The van der Waals surface area contributed by atoms with Crippen LogP contribution in [-0.4, -0.2) is 29.2 Å². The van der Waals surface area contributed by atoms with E-state index in [0.717, 1.165) is 5.82 Å². The van der Waals surface area contributed by atoms with Crippen LogP contribution in [0.15, 0.2) is 30.6 Å². The van der Waals surface area contributed by atoms with E-state index in [-0.39, 0.29) is 12.2 Å². The van der Waals surface area contributed by atoms with E-state index in [4.69, 9.17) is 15.2 Å². The minimum Gasteiger partial charge on any atom is -0.496 e. The quantitative estimate of drug-likeness (QED) is 0.663. The highest BCUT2D eigenvalue weighted by Gasteiger charge is 2.17. The average molecular weight is 275 g/mol. The van der Waals surface area contributed by atoms with Gasteiger partial charge in [-0.1, -0.05) is 6.07 Å². The summed E-state index contributed by atoms with van der Waals surface area (Å²) in [5.41, 5.74) is 6.39. The monoisotopic (exact) mass is 275 g/mol. The first-order valence-corrected chi connectivity index (χ1v) is 6.21. The Kier molecular flexibility index (Phi) is 4.24. The number of hydrogen-bond donors (Lipinski definition) is 1. The van der Waals surface area contributed by atoms with Gasteiger partial charge in [-0.15, -0.1) is 0 Å². The summed E-state index contributed by atoms with van der Waals surface area (Å²) < 4.78 is 12.3. The molecule has 0 radical (unpaired) electrons. The van der Waals surface area contributed by atoms with Crippen LogP contribution in [0.2, 0.25) is 0 Å². The molecule has 106 valence electrons. The molecule has 2 N–H and O–H groups in total. The SMILES string of the molecule is COc1cccc(N)c1C(=O)OCCn1ccnc1C. The molecule has 0 saturated heterocycles. The van der Waals surface area contributed by atoms with Gasteiger partial charge in [0, 0.05) is 18.1 Å². The number of ether oxygens (including phenoxy) is 2. The molecule has 0 aliphatic carbocycles. The molecular formula is C14H17N3O3. The third-order valence-electron chi connectivity index (χ3n) is 2.97. The number of rotatable bonds is 5. The second-order valence-corrected chi connectivity index (χ2v) is 4.23. The first-order valence-electron chi connectivity index (χ1n) is 6.21. The molecule has 20 heavy (non-hydrogen) atoms. The minimum atomic E-state index is -0.488. The van der Waals surface area contributed by atoms with Crippen LogP contribution < -0.4 is 10.5 Å². The lowest BCUT2D eigenvalue weighted by molar-refractivity contribution is 0.0488. The predicted octanol–water partition coefficient (Wildman–Crippen LogP) is 1.64. The standard InChI is InChI=1S/C14H17N3O3/c1-10-16-6-7-17(10)8-9-20-14(18)13-11(15)4-3-5-12(13)19-2/h3-7H,8-9,15H2,1-2H3. The molecule has 0 aliphatic heterocycles. The van der Waals surface area contributed by atoms with E-state index in [0.29, 0.717) is 18.0 Å². The molecule has 0 aliphatic rings. The van der Waals surface area contributed by atoms with Crippen molar-refractivity contribution >= 4 is 11.7 Å². The fourth-order valence-electron chi connectivity index (χ4n) is 1.89. The molecule has 0 amide bonds. The minimum absolute atomic E-state index is 0.244. The van der Waals surface area contributed by atoms with Gasteiger partial charge < -0.3 is 19.8 Å². The summed E-state index contributed by atoms with van der Waals surface area (Å²) in [4.78, 5) is 16.1. The van der Waals surface area contributed by atoms with Gasteiger partial charge in [-0.3, -0.25) is 0 Å². The Labute approximate surface area is 117 Å².